The van der Waals surface area contributed by atoms with E-state index in [-0.39, 0.29) is 5.56 Å². The molecular weight excluding hydrogens is 268 g/mol. The van der Waals surface area contributed by atoms with Crippen molar-refractivity contribution in [2.24, 2.45) is 5.73 Å². The Hall–Kier alpha value is -2.82. The number of nitrogens with two attached hydrogens (primary N) is 1. The van der Waals surface area contributed by atoms with Crippen molar-refractivity contribution in [3.05, 3.63) is 59.2 Å². The quantitative estimate of drug-likeness (QED) is 0.883. The second-order valence-corrected chi connectivity index (χ2v) is 4.99. The van der Waals surface area contributed by atoms with E-state index in [0.717, 1.165) is 5.69 Å². The number of aliphatic carboxylic acids is 1. The highest BCUT2D eigenvalue weighted by Crippen LogP contribution is 2.45. The number of benzene rings is 2. The van der Waals surface area contributed by atoms with Gasteiger partial charge in [0.1, 0.15) is 5.92 Å². The van der Waals surface area contributed by atoms with Gasteiger partial charge in [0.15, 0.2) is 0 Å². The Morgan fingerprint density at radius 3 is 2.43 bits per heavy atom. The van der Waals surface area contributed by atoms with Crippen molar-refractivity contribution < 1.29 is 14.7 Å². The molecule has 1 aliphatic heterocycles. The number of hydrogen-bond donors (Lipinski definition) is 2. The molecule has 2 aromatic carbocycles. The first-order valence-corrected chi connectivity index (χ1v) is 6.50. The van der Waals surface area contributed by atoms with Gasteiger partial charge in [-0.15, -0.1) is 0 Å². The lowest BCUT2D eigenvalue weighted by molar-refractivity contribution is -0.137. The van der Waals surface area contributed by atoms with E-state index in [1.807, 2.05) is 24.1 Å². The van der Waals surface area contributed by atoms with Crippen LogP contribution in [0.4, 0.5) is 11.4 Å². The van der Waals surface area contributed by atoms with Crippen LogP contribution >= 0.6 is 0 Å². The maximum Gasteiger partial charge on any atom is 0.315 e. The second-order valence-electron chi connectivity index (χ2n) is 4.99. The zero-order valence-corrected chi connectivity index (χ0v) is 11.4. The summed E-state index contributed by atoms with van der Waals surface area (Å²) in [6.45, 7) is 0. The largest absolute Gasteiger partial charge is 0.481 e. The van der Waals surface area contributed by atoms with E-state index in [4.69, 9.17) is 5.73 Å². The minimum Gasteiger partial charge on any atom is -0.481 e. The number of nitrogens with zero attached hydrogens (tertiary/aromatic N) is 1. The molecule has 1 heterocycles. The number of carboxylic acids is 1. The Balaban J connectivity index is 2.36. The standard InChI is InChI=1S/C16H14N2O3/c1-18-11-7-3-2-5-9(11)14(16(20)21)13-10(15(17)19)6-4-8-12(13)18/h2-8,14H,1H3,(H2,17,19)(H,20,21). The van der Waals surface area contributed by atoms with Crippen LogP contribution in [0.15, 0.2) is 42.5 Å². The van der Waals surface area contributed by atoms with Gasteiger partial charge in [-0.05, 0) is 23.8 Å². The SMILES string of the molecule is CN1c2ccccc2C(C(=O)O)c2c(C(N)=O)cccc21. The molecule has 0 bridgehead atoms. The van der Waals surface area contributed by atoms with Crippen LogP contribution in [-0.4, -0.2) is 24.0 Å². The van der Waals surface area contributed by atoms with Crippen molar-refractivity contribution in [1.82, 2.24) is 0 Å². The molecule has 5 heteroatoms. The fraction of sp³-hybridized carbons (Fsp3) is 0.125. The van der Waals surface area contributed by atoms with Crippen molar-refractivity contribution in [3.8, 4) is 0 Å². The molecule has 0 aromatic heterocycles. The fourth-order valence-electron chi connectivity index (χ4n) is 2.94. The molecule has 0 aliphatic carbocycles. The molecule has 5 nitrogen and oxygen atoms in total. The van der Waals surface area contributed by atoms with Crippen molar-refractivity contribution >= 4 is 23.3 Å². The zero-order valence-electron chi connectivity index (χ0n) is 11.4. The Kier molecular flexibility index (Phi) is 2.90. The molecule has 1 unspecified atom stereocenters. The van der Waals surface area contributed by atoms with Gasteiger partial charge in [-0.3, -0.25) is 9.59 Å². The smallest absolute Gasteiger partial charge is 0.315 e. The first kappa shape index (κ1) is 13.2. The number of carboxylic acid groups (broad SMARTS) is 1. The van der Waals surface area contributed by atoms with Crippen molar-refractivity contribution in [1.29, 1.82) is 0 Å². The van der Waals surface area contributed by atoms with Gasteiger partial charge in [-0.1, -0.05) is 24.3 Å². The number of carbonyl (C=O) groups is 2. The molecule has 1 aliphatic rings. The molecule has 0 spiro atoms. The normalized spacial score (nSPS) is 16.0. The maximum absolute atomic E-state index is 11.8. The van der Waals surface area contributed by atoms with Crippen LogP contribution in [0.25, 0.3) is 0 Å². The molecular formula is C16H14N2O3. The average Bonchev–Trinajstić information content (AvgIpc) is 2.46. The summed E-state index contributed by atoms with van der Waals surface area (Å²) in [5, 5.41) is 9.65. The van der Waals surface area contributed by atoms with Crippen molar-refractivity contribution in [2.45, 2.75) is 5.92 Å². The van der Waals surface area contributed by atoms with E-state index in [1.165, 1.54) is 0 Å². The third-order valence-corrected chi connectivity index (χ3v) is 3.85. The highest BCUT2D eigenvalue weighted by molar-refractivity contribution is 6.01. The molecule has 2 aromatic rings. The summed E-state index contributed by atoms with van der Waals surface area (Å²) in [6, 6.07) is 12.4. The van der Waals surface area contributed by atoms with Crippen LogP contribution in [0.3, 0.4) is 0 Å². The van der Waals surface area contributed by atoms with Gasteiger partial charge in [-0.25, -0.2) is 0 Å². The van der Waals surface area contributed by atoms with Crippen LogP contribution in [-0.2, 0) is 4.79 Å². The number of amides is 1. The molecule has 1 atom stereocenters. The lowest BCUT2D eigenvalue weighted by atomic mass is 9.82. The summed E-state index contributed by atoms with van der Waals surface area (Å²) >= 11 is 0. The Labute approximate surface area is 121 Å². The molecule has 0 saturated carbocycles. The molecule has 106 valence electrons. The minimum absolute atomic E-state index is 0.251. The van der Waals surface area contributed by atoms with Gasteiger partial charge in [0.2, 0.25) is 5.91 Å². The van der Waals surface area contributed by atoms with E-state index < -0.39 is 17.8 Å². The molecule has 0 saturated heterocycles. The number of anilines is 2. The highest BCUT2D eigenvalue weighted by atomic mass is 16.4. The van der Waals surface area contributed by atoms with Crippen molar-refractivity contribution in [2.75, 3.05) is 11.9 Å². The molecule has 21 heavy (non-hydrogen) atoms. The topological polar surface area (TPSA) is 83.6 Å². The number of primary amides is 1. The van der Waals surface area contributed by atoms with E-state index >= 15 is 0 Å². The summed E-state index contributed by atoms with van der Waals surface area (Å²) in [5.41, 5.74) is 8.29. The third-order valence-electron chi connectivity index (χ3n) is 3.85. The molecule has 0 fully saturated rings. The summed E-state index contributed by atoms with van der Waals surface area (Å²) in [7, 11) is 1.85. The lowest BCUT2D eigenvalue weighted by Gasteiger charge is -2.34. The van der Waals surface area contributed by atoms with Crippen LogP contribution < -0.4 is 10.6 Å². The third kappa shape index (κ3) is 1.86. The monoisotopic (exact) mass is 282 g/mol. The van der Waals surface area contributed by atoms with E-state index in [9.17, 15) is 14.7 Å². The number of para-hydroxylation sites is 1. The van der Waals surface area contributed by atoms with Gasteiger partial charge in [0.25, 0.3) is 0 Å². The van der Waals surface area contributed by atoms with E-state index in [1.54, 1.807) is 30.3 Å². The maximum atomic E-state index is 11.8. The number of rotatable bonds is 2. The summed E-state index contributed by atoms with van der Waals surface area (Å²) < 4.78 is 0. The van der Waals surface area contributed by atoms with Gasteiger partial charge >= 0.3 is 5.97 Å². The van der Waals surface area contributed by atoms with Crippen LogP contribution in [0.1, 0.15) is 27.4 Å². The number of hydrogen-bond acceptors (Lipinski definition) is 3. The fourth-order valence-corrected chi connectivity index (χ4v) is 2.94. The molecule has 1 amide bonds. The van der Waals surface area contributed by atoms with Gasteiger partial charge < -0.3 is 15.7 Å². The van der Waals surface area contributed by atoms with Gasteiger partial charge in [0, 0.05) is 29.5 Å². The Morgan fingerprint density at radius 2 is 1.76 bits per heavy atom. The Bertz CT molecular complexity index is 755. The van der Waals surface area contributed by atoms with Crippen LogP contribution in [0, 0.1) is 0 Å². The predicted molar refractivity (Wildman–Crippen MR) is 78.9 cm³/mol. The summed E-state index contributed by atoms with van der Waals surface area (Å²) in [4.78, 5) is 25.3. The summed E-state index contributed by atoms with van der Waals surface area (Å²) in [6.07, 6.45) is 0. The zero-order chi connectivity index (χ0) is 15.1. The first-order valence-electron chi connectivity index (χ1n) is 6.50. The van der Waals surface area contributed by atoms with Crippen molar-refractivity contribution in [3.63, 3.8) is 0 Å². The van der Waals surface area contributed by atoms with Crippen LogP contribution in [0.2, 0.25) is 0 Å². The highest BCUT2D eigenvalue weighted by Gasteiger charge is 2.36. The first-order chi connectivity index (χ1) is 10.0. The predicted octanol–water partition coefficient (Wildman–Crippen LogP) is 2.08. The molecule has 3 rings (SSSR count). The summed E-state index contributed by atoms with van der Waals surface area (Å²) in [5.74, 6) is -2.51. The molecule has 0 radical (unpaired) electrons. The number of fused-ring (bicyclic) bond motifs is 2. The second kappa shape index (κ2) is 4.63. The van der Waals surface area contributed by atoms with E-state index in [2.05, 4.69) is 0 Å². The van der Waals surface area contributed by atoms with E-state index in [0.29, 0.717) is 16.8 Å². The number of carbonyl (C=O) groups excluding carboxylic acids is 1. The van der Waals surface area contributed by atoms with Crippen LogP contribution in [0.5, 0.6) is 0 Å². The average molecular weight is 282 g/mol. The minimum atomic E-state index is -0.995. The molecule has 3 N–H and O–H groups in total. The Morgan fingerprint density at radius 1 is 1.10 bits per heavy atom. The lowest BCUT2D eigenvalue weighted by Crippen LogP contribution is -2.29. The van der Waals surface area contributed by atoms with Gasteiger partial charge in [-0.2, -0.15) is 0 Å². The van der Waals surface area contributed by atoms with Gasteiger partial charge in [0.05, 0.1) is 0 Å².